The number of hydrogen-bond donors (Lipinski definition) is 1. The van der Waals surface area contributed by atoms with Gasteiger partial charge in [-0.2, -0.15) is 13.2 Å². The van der Waals surface area contributed by atoms with Gasteiger partial charge in [-0.15, -0.1) is 11.3 Å². The fraction of sp³-hybridized carbons (Fsp3) is 0.360. The third-order valence-electron chi connectivity index (χ3n) is 6.28. The van der Waals surface area contributed by atoms with Gasteiger partial charge in [-0.05, 0) is 54.6 Å². The van der Waals surface area contributed by atoms with E-state index in [1.807, 2.05) is 24.3 Å². The van der Waals surface area contributed by atoms with E-state index < -0.39 is 11.7 Å². The Kier molecular flexibility index (Phi) is 6.69. The van der Waals surface area contributed by atoms with Gasteiger partial charge in [-0.25, -0.2) is 0 Å². The van der Waals surface area contributed by atoms with Crippen molar-refractivity contribution in [3.05, 3.63) is 70.4 Å². The number of piperazine rings is 1. The molecule has 1 unspecified atom stereocenters. The van der Waals surface area contributed by atoms with Gasteiger partial charge < -0.3 is 10.2 Å². The molecule has 1 aromatic heterocycles. The van der Waals surface area contributed by atoms with Crippen molar-refractivity contribution in [3.63, 3.8) is 0 Å². The molecule has 2 aliphatic heterocycles. The van der Waals surface area contributed by atoms with E-state index in [0.717, 1.165) is 54.5 Å². The molecule has 0 radical (unpaired) electrons. The van der Waals surface area contributed by atoms with Crippen LogP contribution < -0.4 is 10.2 Å². The molecule has 33 heavy (non-hydrogen) atoms. The molecule has 174 valence electrons. The van der Waals surface area contributed by atoms with E-state index in [4.69, 9.17) is 0 Å². The smallest absolute Gasteiger partial charge is 0.340 e. The number of benzene rings is 2. The van der Waals surface area contributed by atoms with Crippen molar-refractivity contribution < 1.29 is 13.2 Å². The van der Waals surface area contributed by atoms with Crippen LogP contribution >= 0.6 is 23.1 Å². The summed E-state index contributed by atoms with van der Waals surface area (Å²) >= 11 is 3.33. The van der Waals surface area contributed by atoms with Gasteiger partial charge in [0.05, 0.1) is 16.9 Å². The second kappa shape index (κ2) is 9.70. The monoisotopic (exact) mass is 489 g/mol. The third kappa shape index (κ3) is 5.09. The van der Waals surface area contributed by atoms with Gasteiger partial charge in [0, 0.05) is 53.4 Å². The van der Waals surface area contributed by atoms with Crippen LogP contribution in [0.25, 0.3) is 0 Å². The third-order valence-corrected chi connectivity index (χ3v) is 8.27. The van der Waals surface area contributed by atoms with Gasteiger partial charge >= 0.3 is 6.18 Å². The summed E-state index contributed by atoms with van der Waals surface area (Å²) < 4.78 is 40.3. The predicted molar refractivity (Wildman–Crippen MR) is 130 cm³/mol. The van der Waals surface area contributed by atoms with Gasteiger partial charge in [0.2, 0.25) is 0 Å². The highest BCUT2D eigenvalue weighted by Gasteiger charge is 2.33. The Labute approximate surface area is 200 Å². The molecule has 5 rings (SSSR count). The van der Waals surface area contributed by atoms with Crippen molar-refractivity contribution in [2.45, 2.75) is 41.4 Å². The average Bonchev–Trinajstić information content (AvgIpc) is 3.32. The topological polar surface area (TPSA) is 18.5 Å². The molecule has 8 heteroatoms. The van der Waals surface area contributed by atoms with Crippen molar-refractivity contribution in [2.75, 3.05) is 31.1 Å². The standard InChI is InChI=1S/C25H26F3N3S2/c26-25(27,28)18-9-10-24-22(15-18)31(21-7-1-2-8-23(21)33-24)12-3-5-19-16-29-11-13-30(19)17-20-6-4-14-32-20/h1-2,4,6-10,14-15,19,29H,3,5,11-13,16-17H2. The Morgan fingerprint density at radius 3 is 2.67 bits per heavy atom. The highest BCUT2D eigenvalue weighted by atomic mass is 32.2. The van der Waals surface area contributed by atoms with E-state index in [9.17, 15) is 13.2 Å². The zero-order valence-electron chi connectivity index (χ0n) is 18.1. The lowest BCUT2D eigenvalue weighted by Crippen LogP contribution is -2.50. The number of rotatable bonds is 6. The Balaban J connectivity index is 1.33. The molecule has 0 bridgehead atoms. The molecular formula is C25H26F3N3S2. The minimum Gasteiger partial charge on any atom is -0.340 e. The molecule has 0 spiro atoms. The van der Waals surface area contributed by atoms with E-state index in [1.54, 1.807) is 29.2 Å². The normalized spacial score (nSPS) is 18.8. The van der Waals surface area contributed by atoms with Crippen LogP contribution in [0.15, 0.2) is 69.8 Å². The highest BCUT2D eigenvalue weighted by molar-refractivity contribution is 7.99. The van der Waals surface area contributed by atoms with Crippen LogP contribution in [0.1, 0.15) is 23.3 Å². The van der Waals surface area contributed by atoms with Crippen LogP contribution in [0.2, 0.25) is 0 Å². The minimum atomic E-state index is -4.35. The summed E-state index contributed by atoms with van der Waals surface area (Å²) in [5, 5.41) is 5.62. The first-order valence-electron chi connectivity index (χ1n) is 11.2. The lowest BCUT2D eigenvalue weighted by Gasteiger charge is -2.37. The Bertz CT molecular complexity index is 1080. The molecule has 3 nitrogen and oxygen atoms in total. The zero-order chi connectivity index (χ0) is 22.8. The van der Waals surface area contributed by atoms with E-state index in [2.05, 4.69) is 32.6 Å². The lowest BCUT2D eigenvalue weighted by atomic mass is 10.1. The second-order valence-electron chi connectivity index (χ2n) is 8.45. The fourth-order valence-corrected chi connectivity index (χ4v) is 6.44. The highest BCUT2D eigenvalue weighted by Crippen LogP contribution is 2.49. The van der Waals surface area contributed by atoms with Crippen LogP contribution in [-0.4, -0.2) is 37.1 Å². The number of anilines is 2. The number of fused-ring (bicyclic) bond motifs is 2. The first-order chi connectivity index (χ1) is 16.0. The Morgan fingerprint density at radius 1 is 1.00 bits per heavy atom. The van der Waals surface area contributed by atoms with Crippen molar-refractivity contribution in [1.29, 1.82) is 0 Å². The molecule has 3 aromatic rings. The van der Waals surface area contributed by atoms with Crippen LogP contribution in [0.4, 0.5) is 24.5 Å². The number of halogens is 3. The first-order valence-corrected chi connectivity index (χ1v) is 12.9. The maximum atomic E-state index is 13.4. The molecule has 1 atom stereocenters. The summed E-state index contributed by atoms with van der Waals surface area (Å²) in [5.74, 6) is 0. The number of para-hydroxylation sites is 1. The summed E-state index contributed by atoms with van der Waals surface area (Å²) in [5.41, 5.74) is 1.06. The average molecular weight is 490 g/mol. The van der Waals surface area contributed by atoms with Gasteiger partial charge in [0.25, 0.3) is 0 Å². The van der Waals surface area contributed by atoms with E-state index in [-0.39, 0.29) is 0 Å². The van der Waals surface area contributed by atoms with Crippen molar-refractivity contribution in [2.24, 2.45) is 0 Å². The predicted octanol–water partition coefficient (Wildman–Crippen LogP) is 6.62. The van der Waals surface area contributed by atoms with Crippen LogP contribution in [0, 0.1) is 0 Å². The number of nitrogens with zero attached hydrogens (tertiary/aromatic N) is 2. The fourth-order valence-electron chi connectivity index (χ4n) is 4.63. The first kappa shape index (κ1) is 22.8. The number of hydrogen-bond acceptors (Lipinski definition) is 5. The SMILES string of the molecule is FC(F)(F)c1ccc2c(c1)N(CCCC1CNCCN1Cc1cccs1)c1ccccc1S2. The molecule has 3 heterocycles. The van der Waals surface area contributed by atoms with Gasteiger partial charge in [-0.3, -0.25) is 4.90 Å². The van der Waals surface area contributed by atoms with Crippen LogP contribution in [0.3, 0.4) is 0 Å². The summed E-state index contributed by atoms with van der Waals surface area (Å²) in [6.45, 7) is 4.61. The van der Waals surface area contributed by atoms with Crippen molar-refractivity contribution in [3.8, 4) is 0 Å². The minimum absolute atomic E-state index is 0.427. The van der Waals surface area contributed by atoms with Crippen molar-refractivity contribution >= 4 is 34.5 Å². The molecule has 2 aliphatic rings. The summed E-state index contributed by atoms with van der Waals surface area (Å²) in [6, 6.07) is 16.8. The maximum absolute atomic E-state index is 13.4. The van der Waals surface area contributed by atoms with Crippen LogP contribution in [-0.2, 0) is 12.7 Å². The number of nitrogens with one attached hydrogen (secondary N) is 1. The van der Waals surface area contributed by atoms with Crippen LogP contribution in [0.5, 0.6) is 0 Å². The Hall–Kier alpha value is -2.00. The van der Waals surface area contributed by atoms with E-state index in [1.165, 1.54) is 17.0 Å². The summed E-state index contributed by atoms with van der Waals surface area (Å²) in [7, 11) is 0. The van der Waals surface area contributed by atoms with Gasteiger partial charge in [-0.1, -0.05) is 30.0 Å². The zero-order valence-corrected chi connectivity index (χ0v) is 19.8. The molecule has 0 aliphatic carbocycles. The molecule has 2 aromatic carbocycles. The summed E-state index contributed by atoms with van der Waals surface area (Å²) in [4.78, 5) is 7.95. The molecule has 1 saturated heterocycles. The molecule has 0 saturated carbocycles. The molecule has 1 fully saturated rings. The second-order valence-corrected chi connectivity index (χ2v) is 10.6. The largest absolute Gasteiger partial charge is 0.416 e. The lowest BCUT2D eigenvalue weighted by molar-refractivity contribution is -0.137. The number of alkyl halides is 3. The molecular weight excluding hydrogens is 463 g/mol. The molecule has 0 amide bonds. The van der Waals surface area contributed by atoms with E-state index in [0.29, 0.717) is 18.3 Å². The maximum Gasteiger partial charge on any atom is 0.416 e. The van der Waals surface area contributed by atoms with Gasteiger partial charge in [0.1, 0.15) is 0 Å². The Morgan fingerprint density at radius 2 is 1.85 bits per heavy atom. The quantitative estimate of drug-likeness (QED) is 0.419. The van der Waals surface area contributed by atoms with Crippen molar-refractivity contribution in [1.82, 2.24) is 10.2 Å². The van der Waals surface area contributed by atoms with Gasteiger partial charge in [0.15, 0.2) is 0 Å². The number of thiophene rings is 1. The van der Waals surface area contributed by atoms with E-state index >= 15 is 0 Å². The molecule has 1 N–H and O–H groups in total. The summed E-state index contributed by atoms with van der Waals surface area (Å²) in [6.07, 6.45) is -2.45.